The molecule has 0 aliphatic carbocycles. The molecule has 0 aromatic carbocycles. The van der Waals surface area contributed by atoms with Gasteiger partial charge in [0.1, 0.15) is 0 Å². The lowest BCUT2D eigenvalue weighted by Crippen LogP contribution is -2.35. The van der Waals surface area contributed by atoms with Crippen molar-refractivity contribution in [3.05, 3.63) is 0 Å². The lowest BCUT2D eigenvalue weighted by Gasteiger charge is -2.27. The first-order chi connectivity index (χ1) is 6.33. The van der Waals surface area contributed by atoms with E-state index in [1.165, 1.54) is 0 Å². The highest BCUT2D eigenvalue weighted by molar-refractivity contribution is 4.69. The average molecular weight is 189 g/mol. The predicted molar refractivity (Wildman–Crippen MR) is 60.1 cm³/mol. The molecule has 0 aromatic rings. The quantitative estimate of drug-likeness (QED) is 0.685. The van der Waals surface area contributed by atoms with E-state index in [1.807, 2.05) is 27.7 Å². The smallest absolute Gasteiger partial charge is 0.0564 e. The van der Waals surface area contributed by atoms with Gasteiger partial charge in [-0.1, -0.05) is 34.6 Å². The molecule has 0 bridgehead atoms. The van der Waals surface area contributed by atoms with Crippen molar-refractivity contribution in [2.24, 2.45) is 0 Å². The van der Waals surface area contributed by atoms with E-state index in [0.29, 0.717) is 0 Å². The number of piperidine rings is 1. The van der Waals surface area contributed by atoms with Gasteiger partial charge in [-0.2, -0.15) is 0 Å². The van der Waals surface area contributed by atoms with Gasteiger partial charge >= 0.3 is 0 Å². The SMILES string of the molecule is CC.CC.CCN1CCC(O)CC1. The fourth-order valence-corrected chi connectivity index (χ4v) is 1.24. The summed E-state index contributed by atoms with van der Waals surface area (Å²) >= 11 is 0. The summed E-state index contributed by atoms with van der Waals surface area (Å²) in [7, 11) is 0. The van der Waals surface area contributed by atoms with Crippen LogP contribution in [0, 0.1) is 0 Å². The lowest BCUT2D eigenvalue weighted by atomic mass is 10.1. The maximum atomic E-state index is 9.10. The molecule has 0 unspecified atom stereocenters. The van der Waals surface area contributed by atoms with Crippen molar-refractivity contribution in [1.29, 1.82) is 0 Å². The van der Waals surface area contributed by atoms with Gasteiger partial charge in [0.25, 0.3) is 0 Å². The molecule has 0 atom stereocenters. The van der Waals surface area contributed by atoms with Crippen LogP contribution in [-0.2, 0) is 0 Å². The van der Waals surface area contributed by atoms with Crippen LogP contribution < -0.4 is 0 Å². The topological polar surface area (TPSA) is 23.5 Å². The van der Waals surface area contributed by atoms with Crippen LogP contribution in [0.5, 0.6) is 0 Å². The highest BCUT2D eigenvalue weighted by Crippen LogP contribution is 2.08. The Balaban J connectivity index is 0. The molecule has 1 aliphatic heterocycles. The number of rotatable bonds is 1. The van der Waals surface area contributed by atoms with E-state index in [0.717, 1.165) is 32.5 Å². The third-order valence-electron chi connectivity index (χ3n) is 2.00. The molecule has 1 saturated heterocycles. The van der Waals surface area contributed by atoms with Crippen LogP contribution in [-0.4, -0.2) is 35.7 Å². The molecule has 82 valence electrons. The van der Waals surface area contributed by atoms with Crippen LogP contribution in [0.4, 0.5) is 0 Å². The molecule has 0 aromatic heterocycles. The second-order valence-corrected chi connectivity index (χ2v) is 2.67. The number of aliphatic hydroxyl groups excluding tert-OH is 1. The second kappa shape index (κ2) is 11.9. The van der Waals surface area contributed by atoms with Gasteiger partial charge in [0.2, 0.25) is 0 Å². The van der Waals surface area contributed by atoms with Crippen LogP contribution in [0.1, 0.15) is 47.5 Å². The molecule has 2 heteroatoms. The van der Waals surface area contributed by atoms with Gasteiger partial charge in [-0.25, -0.2) is 0 Å². The van der Waals surface area contributed by atoms with Gasteiger partial charge in [-0.05, 0) is 19.4 Å². The summed E-state index contributed by atoms with van der Waals surface area (Å²) in [5.41, 5.74) is 0. The molecular weight excluding hydrogens is 162 g/mol. The first kappa shape index (κ1) is 15.4. The van der Waals surface area contributed by atoms with Crippen LogP contribution in [0.3, 0.4) is 0 Å². The lowest BCUT2D eigenvalue weighted by molar-refractivity contribution is 0.0852. The van der Waals surface area contributed by atoms with E-state index in [2.05, 4.69) is 11.8 Å². The molecule has 1 aliphatic rings. The summed E-state index contributed by atoms with van der Waals surface area (Å²) in [6, 6.07) is 0. The summed E-state index contributed by atoms with van der Waals surface area (Å²) in [4.78, 5) is 2.37. The monoisotopic (exact) mass is 189 g/mol. The van der Waals surface area contributed by atoms with Crippen molar-refractivity contribution >= 4 is 0 Å². The van der Waals surface area contributed by atoms with Crippen LogP contribution in [0.25, 0.3) is 0 Å². The van der Waals surface area contributed by atoms with Crippen molar-refractivity contribution in [3.8, 4) is 0 Å². The zero-order valence-electron chi connectivity index (χ0n) is 10.0. The molecule has 1 N–H and O–H groups in total. The summed E-state index contributed by atoms with van der Waals surface area (Å²) in [5, 5.41) is 9.10. The molecule has 1 heterocycles. The summed E-state index contributed by atoms with van der Waals surface area (Å²) in [6.45, 7) is 13.5. The van der Waals surface area contributed by atoms with E-state index in [9.17, 15) is 0 Å². The van der Waals surface area contributed by atoms with Crippen molar-refractivity contribution in [3.63, 3.8) is 0 Å². The van der Waals surface area contributed by atoms with Gasteiger partial charge in [-0.3, -0.25) is 0 Å². The minimum atomic E-state index is -0.0206. The largest absolute Gasteiger partial charge is 0.393 e. The van der Waals surface area contributed by atoms with Crippen LogP contribution >= 0.6 is 0 Å². The molecule has 0 spiro atoms. The van der Waals surface area contributed by atoms with Crippen LogP contribution in [0.15, 0.2) is 0 Å². The van der Waals surface area contributed by atoms with E-state index < -0.39 is 0 Å². The zero-order chi connectivity index (χ0) is 10.7. The molecule has 1 fully saturated rings. The Morgan fingerprint density at radius 1 is 1.08 bits per heavy atom. The summed E-state index contributed by atoms with van der Waals surface area (Å²) in [6.07, 6.45) is 1.91. The first-order valence-corrected chi connectivity index (χ1v) is 5.73. The summed E-state index contributed by atoms with van der Waals surface area (Å²) < 4.78 is 0. The van der Waals surface area contributed by atoms with Gasteiger partial charge < -0.3 is 10.0 Å². The first-order valence-electron chi connectivity index (χ1n) is 5.73. The second-order valence-electron chi connectivity index (χ2n) is 2.67. The van der Waals surface area contributed by atoms with Gasteiger partial charge in [0, 0.05) is 13.1 Å². The molecule has 13 heavy (non-hydrogen) atoms. The maximum Gasteiger partial charge on any atom is 0.0564 e. The number of nitrogens with zero attached hydrogens (tertiary/aromatic N) is 1. The molecule has 0 radical (unpaired) electrons. The van der Waals surface area contributed by atoms with Crippen molar-refractivity contribution in [2.75, 3.05) is 19.6 Å². The Hall–Kier alpha value is -0.0800. The number of hydrogen-bond donors (Lipinski definition) is 1. The predicted octanol–water partition coefficient (Wildman–Crippen LogP) is 2.52. The normalized spacial score (nSPS) is 18.0. The zero-order valence-corrected chi connectivity index (χ0v) is 10.0. The highest BCUT2D eigenvalue weighted by Gasteiger charge is 2.14. The highest BCUT2D eigenvalue weighted by atomic mass is 16.3. The van der Waals surface area contributed by atoms with Crippen molar-refractivity contribution < 1.29 is 5.11 Å². The van der Waals surface area contributed by atoms with E-state index in [4.69, 9.17) is 5.11 Å². The third-order valence-corrected chi connectivity index (χ3v) is 2.00. The fraction of sp³-hybridized carbons (Fsp3) is 1.00. The third kappa shape index (κ3) is 8.26. The molecule has 0 amide bonds. The Kier molecular flexibility index (Phi) is 14.1. The Morgan fingerprint density at radius 3 is 1.77 bits per heavy atom. The van der Waals surface area contributed by atoms with Crippen molar-refractivity contribution in [2.45, 2.75) is 53.6 Å². The summed E-state index contributed by atoms with van der Waals surface area (Å²) in [5.74, 6) is 0. The Bertz CT molecular complexity index is 78.2. The molecule has 2 nitrogen and oxygen atoms in total. The molecule has 1 rings (SSSR count). The minimum Gasteiger partial charge on any atom is -0.393 e. The maximum absolute atomic E-state index is 9.10. The van der Waals surface area contributed by atoms with E-state index >= 15 is 0 Å². The van der Waals surface area contributed by atoms with Crippen LogP contribution in [0.2, 0.25) is 0 Å². The number of aliphatic hydroxyl groups is 1. The number of likely N-dealkylation sites (tertiary alicyclic amines) is 1. The Morgan fingerprint density at radius 2 is 1.46 bits per heavy atom. The fourth-order valence-electron chi connectivity index (χ4n) is 1.24. The van der Waals surface area contributed by atoms with Crippen molar-refractivity contribution in [1.82, 2.24) is 4.90 Å². The van der Waals surface area contributed by atoms with Gasteiger partial charge in [-0.15, -0.1) is 0 Å². The molecular formula is C11H27NO. The van der Waals surface area contributed by atoms with Gasteiger partial charge in [0.05, 0.1) is 6.10 Å². The number of hydrogen-bond acceptors (Lipinski definition) is 2. The van der Waals surface area contributed by atoms with E-state index in [-0.39, 0.29) is 6.10 Å². The van der Waals surface area contributed by atoms with E-state index in [1.54, 1.807) is 0 Å². The molecule has 0 saturated carbocycles. The van der Waals surface area contributed by atoms with Gasteiger partial charge in [0.15, 0.2) is 0 Å². The average Bonchev–Trinajstić information content (AvgIpc) is 2.25. The standard InChI is InChI=1S/C7H15NO.2C2H6/c1-2-8-5-3-7(9)4-6-8;2*1-2/h7,9H,2-6H2,1H3;2*1-2H3. The minimum absolute atomic E-state index is 0.0206. The Labute approximate surface area is 83.9 Å².